The van der Waals surface area contributed by atoms with Crippen molar-refractivity contribution in [3.8, 4) is 11.1 Å². The van der Waals surface area contributed by atoms with Crippen molar-refractivity contribution in [2.45, 2.75) is 46.0 Å². The summed E-state index contributed by atoms with van der Waals surface area (Å²) in [4.78, 5) is 25.7. The standard InChI is InChI=1S/C24H23F2N5O/c1-4-5-16-6-13(2)18(11-27-16)17-7-15-10-28-21(30-23(32)19-9-24(19,25)26)8-20(15)31-12-14(3)29-22(17)31/h6-8,10-12,19H,4-5,9H2,1-3H3,(H,28,30,32). The molecule has 164 valence electrons. The summed E-state index contributed by atoms with van der Waals surface area (Å²) < 4.78 is 28.4. The molecule has 0 bridgehead atoms. The summed E-state index contributed by atoms with van der Waals surface area (Å²) >= 11 is 0. The number of amides is 1. The van der Waals surface area contributed by atoms with Gasteiger partial charge in [0.25, 0.3) is 5.92 Å². The number of imidazole rings is 1. The lowest BCUT2D eigenvalue weighted by Gasteiger charge is -2.12. The van der Waals surface area contributed by atoms with Crippen LogP contribution in [0.5, 0.6) is 0 Å². The molecule has 4 heterocycles. The van der Waals surface area contributed by atoms with Crippen LogP contribution >= 0.6 is 0 Å². The Bertz CT molecular complexity index is 1380. The third kappa shape index (κ3) is 3.49. The fraction of sp³-hybridized carbons (Fsp3) is 0.333. The van der Waals surface area contributed by atoms with Gasteiger partial charge in [-0.25, -0.2) is 18.7 Å². The number of carbonyl (C=O) groups excluding carboxylic acids is 1. The van der Waals surface area contributed by atoms with Crippen molar-refractivity contribution >= 4 is 28.3 Å². The topological polar surface area (TPSA) is 72.2 Å². The number of hydrogen-bond acceptors (Lipinski definition) is 4. The van der Waals surface area contributed by atoms with E-state index in [4.69, 9.17) is 4.98 Å². The summed E-state index contributed by atoms with van der Waals surface area (Å²) in [5, 5.41) is 3.37. The molecule has 1 atom stereocenters. The molecule has 1 aliphatic carbocycles. The molecule has 4 aromatic rings. The van der Waals surface area contributed by atoms with Gasteiger partial charge in [-0.2, -0.15) is 0 Å². The van der Waals surface area contributed by atoms with Gasteiger partial charge in [0.15, 0.2) is 0 Å². The third-order valence-electron chi connectivity index (χ3n) is 5.90. The number of nitrogens with zero attached hydrogens (tertiary/aromatic N) is 4. The molecule has 5 rings (SSSR count). The van der Waals surface area contributed by atoms with E-state index in [0.717, 1.165) is 57.5 Å². The Morgan fingerprint density at radius 2 is 1.97 bits per heavy atom. The predicted molar refractivity (Wildman–Crippen MR) is 119 cm³/mol. The van der Waals surface area contributed by atoms with Gasteiger partial charge < -0.3 is 5.32 Å². The van der Waals surface area contributed by atoms with E-state index >= 15 is 0 Å². The van der Waals surface area contributed by atoms with Crippen molar-refractivity contribution in [3.63, 3.8) is 0 Å². The maximum atomic E-state index is 13.2. The number of pyridine rings is 3. The van der Waals surface area contributed by atoms with Gasteiger partial charge in [0, 0.05) is 53.3 Å². The van der Waals surface area contributed by atoms with E-state index in [-0.39, 0.29) is 5.82 Å². The highest BCUT2D eigenvalue weighted by atomic mass is 19.3. The molecule has 0 aromatic carbocycles. The number of halogens is 2. The first kappa shape index (κ1) is 20.5. The van der Waals surface area contributed by atoms with Crippen LogP contribution in [-0.2, 0) is 11.2 Å². The predicted octanol–water partition coefficient (Wildman–Crippen LogP) is 5.11. The average Bonchev–Trinajstić information content (AvgIpc) is 3.20. The van der Waals surface area contributed by atoms with Gasteiger partial charge in [0.05, 0.1) is 11.2 Å². The normalized spacial score (nSPS) is 17.1. The van der Waals surface area contributed by atoms with Crippen LogP contribution < -0.4 is 5.32 Å². The van der Waals surface area contributed by atoms with E-state index in [1.165, 1.54) is 0 Å². The molecule has 0 spiro atoms. The number of rotatable bonds is 5. The second kappa shape index (κ2) is 7.32. The molecule has 8 heteroatoms. The highest BCUT2D eigenvalue weighted by molar-refractivity contribution is 5.97. The van der Waals surface area contributed by atoms with Gasteiger partial charge >= 0.3 is 0 Å². The molecular weight excluding hydrogens is 412 g/mol. The Kier molecular flexibility index (Phi) is 4.69. The van der Waals surface area contributed by atoms with Crippen molar-refractivity contribution in [2.24, 2.45) is 5.92 Å². The molecule has 6 nitrogen and oxygen atoms in total. The maximum Gasteiger partial charge on any atom is 0.260 e. The van der Waals surface area contributed by atoms with Gasteiger partial charge in [0.1, 0.15) is 17.4 Å². The van der Waals surface area contributed by atoms with Crippen molar-refractivity contribution in [1.29, 1.82) is 0 Å². The number of fused-ring (bicyclic) bond motifs is 3. The molecule has 0 saturated heterocycles. The minimum Gasteiger partial charge on any atom is -0.310 e. The number of hydrogen-bond donors (Lipinski definition) is 1. The third-order valence-corrected chi connectivity index (χ3v) is 5.90. The molecule has 1 N–H and O–H groups in total. The Morgan fingerprint density at radius 3 is 2.66 bits per heavy atom. The van der Waals surface area contributed by atoms with Gasteiger partial charge in [-0.3, -0.25) is 14.2 Å². The average molecular weight is 435 g/mol. The number of aromatic nitrogens is 4. The minimum atomic E-state index is -2.91. The first-order valence-electron chi connectivity index (χ1n) is 10.7. The summed E-state index contributed by atoms with van der Waals surface area (Å²) in [6.07, 6.45) is 7.00. The number of carbonyl (C=O) groups is 1. The number of anilines is 1. The summed E-state index contributed by atoms with van der Waals surface area (Å²) in [5.41, 5.74) is 6.50. The van der Waals surface area contributed by atoms with Crippen LogP contribution in [0.15, 0.2) is 36.8 Å². The van der Waals surface area contributed by atoms with E-state index in [0.29, 0.717) is 0 Å². The lowest BCUT2D eigenvalue weighted by Crippen LogP contribution is -2.18. The van der Waals surface area contributed by atoms with Crippen LogP contribution in [0.4, 0.5) is 14.6 Å². The summed E-state index contributed by atoms with van der Waals surface area (Å²) in [7, 11) is 0. The van der Waals surface area contributed by atoms with Gasteiger partial charge in [0.2, 0.25) is 5.91 Å². The Labute approximate surface area is 183 Å². The molecule has 1 saturated carbocycles. The van der Waals surface area contributed by atoms with Crippen LogP contribution in [-0.4, -0.2) is 31.2 Å². The van der Waals surface area contributed by atoms with E-state index in [2.05, 4.69) is 35.2 Å². The van der Waals surface area contributed by atoms with Crippen LogP contribution in [0.3, 0.4) is 0 Å². The molecule has 1 fully saturated rings. The lowest BCUT2D eigenvalue weighted by atomic mass is 10.0. The highest BCUT2D eigenvalue weighted by Gasteiger charge is 2.61. The second-order valence-electron chi connectivity index (χ2n) is 8.51. The van der Waals surface area contributed by atoms with Crippen LogP contribution in [0, 0.1) is 19.8 Å². The number of aryl methyl sites for hydroxylation is 3. The Balaban J connectivity index is 1.60. The van der Waals surface area contributed by atoms with Crippen LogP contribution in [0.1, 0.15) is 36.7 Å². The lowest BCUT2D eigenvalue weighted by molar-refractivity contribution is -0.119. The smallest absolute Gasteiger partial charge is 0.260 e. The molecule has 0 aliphatic heterocycles. The van der Waals surface area contributed by atoms with Crippen molar-refractivity contribution in [3.05, 3.63) is 53.7 Å². The van der Waals surface area contributed by atoms with Crippen molar-refractivity contribution in [1.82, 2.24) is 19.4 Å². The summed E-state index contributed by atoms with van der Waals surface area (Å²) in [6.45, 7) is 6.11. The molecule has 4 aromatic heterocycles. The molecule has 1 amide bonds. The zero-order valence-corrected chi connectivity index (χ0v) is 18.1. The number of nitrogens with one attached hydrogen (secondary N) is 1. The molecular formula is C24H23F2N5O. The quantitative estimate of drug-likeness (QED) is 0.473. The largest absolute Gasteiger partial charge is 0.310 e. The van der Waals surface area contributed by atoms with E-state index in [9.17, 15) is 13.6 Å². The van der Waals surface area contributed by atoms with Crippen molar-refractivity contribution in [2.75, 3.05) is 5.32 Å². The Morgan fingerprint density at radius 1 is 1.19 bits per heavy atom. The van der Waals surface area contributed by atoms with E-state index in [1.54, 1.807) is 12.3 Å². The molecule has 32 heavy (non-hydrogen) atoms. The first-order valence-corrected chi connectivity index (χ1v) is 10.7. The minimum absolute atomic E-state index is 0.243. The molecule has 0 radical (unpaired) electrons. The zero-order chi connectivity index (χ0) is 22.6. The van der Waals surface area contributed by atoms with Gasteiger partial charge in [-0.05, 0) is 38.0 Å². The summed E-state index contributed by atoms with van der Waals surface area (Å²) in [6, 6.07) is 5.81. The van der Waals surface area contributed by atoms with Crippen molar-refractivity contribution < 1.29 is 13.6 Å². The van der Waals surface area contributed by atoms with Crippen LogP contribution in [0.25, 0.3) is 27.7 Å². The second-order valence-corrected chi connectivity index (χ2v) is 8.51. The summed E-state index contributed by atoms with van der Waals surface area (Å²) in [5.74, 6) is -4.65. The van der Waals surface area contributed by atoms with Gasteiger partial charge in [-0.15, -0.1) is 0 Å². The van der Waals surface area contributed by atoms with Crippen LogP contribution in [0.2, 0.25) is 0 Å². The zero-order valence-electron chi connectivity index (χ0n) is 18.1. The highest BCUT2D eigenvalue weighted by Crippen LogP contribution is 2.49. The molecule has 1 aliphatic rings. The SMILES string of the molecule is CCCc1cc(C)c(-c2cc3cnc(NC(=O)C4CC4(F)F)cc3n3cc(C)nc23)cn1. The fourth-order valence-corrected chi connectivity index (χ4v) is 4.13. The van der Waals surface area contributed by atoms with E-state index in [1.807, 2.05) is 29.8 Å². The van der Waals surface area contributed by atoms with E-state index < -0.39 is 24.2 Å². The number of alkyl halides is 2. The van der Waals surface area contributed by atoms with Gasteiger partial charge in [-0.1, -0.05) is 13.3 Å². The monoisotopic (exact) mass is 435 g/mol. The molecule has 1 unspecified atom stereocenters. The Hall–Kier alpha value is -3.42. The fourth-order valence-electron chi connectivity index (χ4n) is 4.13. The maximum absolute atomic E-state index is 13.2. The first-order chi connectivity index (χ1) is 15.3.